The molecule has 0 aromatic heterocycles. The van der Waals surface area contributed by atoms with Crippen molar-refractivity contribution in [2.45, 2.75) is 58.6 Å². The molecule has 0 rings (SSSR count). The van der Waals surface area contributed by atoms with E-state index in [1.807, 2.05) is 20.8 Å². The van der Waals surface area contributed by atoms with E-state index in [9.17, 15) is 15.4 Å². The minimum atomic E-state index is -0.488. The van der Waals surface area contributed by atoms with Crippen LogP contribution in [0, 0.1) is 5.92 Å². The van der Waals surface area contributed by atoms with Crippen LogP contribution in [0.2, 0.25) is 0 Å². The maximum absolute atomic E-state index is 9.76. The smallest absolute Gasteiger partial charge is 0.105 e. The number of nitrogens with zero attached hydrogens (tertiary/aromatic N) is 1. The van der Waals surface area contributed by atoms with Gasteiger partial charge in [0.05, 0.1) is 12.6 Å². The lowest BCUT2D eigenvalue weighted by Crippen LogP contribution is -2.31. The normalized spacial score (nSPS) is 17.5. The summed E-state index contributed by atoms with van der Waals surface area (Å²) < 4.78 is 0. The number of hydrogen-bond acceptors (Lipinski definition) is 5. The molecule has 0 bridgehead atoms. The van der Waals surface area contributed by atoms with Gasteiger partial charge in [0.25, 0.3) is 0 Å². The van der Waals surface area contributed by atoms with E-state index in [2.05, 4.69) is 0 Å². The quantitative estimate of drug-likeness (QED) is 0.362. The molecule has 0 aliphatic carbocycles. The first kappa shape index (κ1) is 18.4. The van der Waals surface area contributed by atoms with E-state index in [1.165, 1.54) is 0 Å². The summed E-state index contributed by atoms with van der Waals surface area (Å²) in [6.45, 7) is 5.93. The van der Waals surface area contributed by atoms with Gasteiger partial charge in [-0.05, 0) is 44.6 Å². The molecule has 0 heterocycles. The first-order valence-electron chi connectivity index (χ1n) is 7.04. The predicted molar refractivity (Wildman–Crippen MR) is 75.1 cm³/mol. The van der Waals surface area contributed by atoms with Crippen molar-refractivity contribution < 1.29 is 20.5 Å². The zero-order valence-electron chi connectivity index (χ0n) is 12.3. The minimum Gasteiger partial charge on any atom is -0.511 e. The fraction of sp³-hybridized carbons (Fsp3) is 0.857. The number of hydrogen-bond donors (Lipinski definition) is 4. The summed E-state index contributed by atoms with van der Waals surface area (Å²) in [6.07, 6.45) is 3.75. The predicted octanol–water partition coefficient (Wildman–Crippen LogP) is 2.08. The molecule has 0 aliphatic rings. The Morgan fingerprint density at radius 2 is 1.84 bits per heavy atom. The first-order valence-corrected chi connectivity index (χ1v) is 7.04. The topological polar surface area (TPSA) is 84.2 Å². The van der Waals surface area contributed by atoms with Crippen molar-refractivity contribution >= 4 is 0 Å². The molecule has 5 heteroatoms. The highest BCUT2D eigenvalue weighted by Crippen LogP contribution is 2.13. The second kappa shape index (κ2) is 10.2. The zero-order chi connectivity index (χ0) is 14.8. The van der Waals surface area contributed by atoms with Gasteiger partial charge in [0.15, 0.2) is 0 Å². The molecule has 0 saturated carbocycles. The van der Waals surface area contributed by atoms with Crippen LogP contribution in [0.3, 0.4) is 0 Å². The van der Waals surface area contributed by atoms with Gasteiger partial charge < -0.3 is 20.5 Å². The van der Waals surface area contributed by atoms with Crippen molar-refractivity contribution in [1.82, 2.24) is 5.06 Å². The van der Waals surface area contributed by atoms with Gasteiger partial charge in [-0.15, -0.1) is 0 Å². The van der Waals surface area contributed by atoms with E-state index < -0.39 is 6.10 Å². The molecule has 0 aliphatic heterocycles. The van der Waals surface area contributed by atoms with Crippen LogP contribution >= 0.6 is 0 Å². The number of aliphatic hydroxyl groups is 3. The summed E-state index contributed by atoms with van der Waals surface area (Å²) >= 11 is 0. The Morgan fingerprint density at radius 3 is 2.37 bits per heavy atom. The molecule has 0 aromatic carbocycles. The van der Waals surface area contributed by atoms with Gasteiger partial charge in [-0.25, -0.2) is 0 Å². The Morgan fingerprint density at radius 1 is 1.21 bits per heavy atom. The van der Waals surface area contributed by atoms with Gasteiger partial charge in [-0.3, -0.25) is 0 Å². The van der Waals surface area contributed by atoms with E-state index in [0.29, 0.717) is 12.8 Å². The van der Waals surface area contributed by atoms with Gasteiger partial charge in [0.2, 0.25) is 0 Å². The highest BCUT2D eigenvalue weighted by atomic mass is 16.5. The van der Waals surface area contributed by atoms with Crippen molar-refractivity contribution in [2.75, 3.05) is 13.2 Å². The van der Waals surface area contributed by atoms with Crippen molar-refractivity contribution in [1.29, 1.82) is 0 Å². The van der Waals surface area contributed by atoms with E-state index in [-0.39, 0.29) is 30.9 Å². The largest absolute Gasteiger partial charge is 0.511 e. The fourth-order valence-electron chi connectivity index (χ4n) is 1.75. The van der Waals surface area contributed by atoms with Crippen LogP contribution in [0.1, 0.15) is 46.5 Å². The Balaban J connectivity index is 4.06. The number of allylic oxidation sites excluding steroid dienone is 1. The standard InChI is InChI=1S/C14H29NO4/c1-4-12(3)15(19)10-14(18)9-11(2)5-6-13(17)7-8-16/h9,11-13,16-19H,4-8,10H2,1-3H3/b14-9+. The fourth-order valence-corrected chi connectivity index (χ4v) is 1.75. The third-order valence-electron chi connectivity index (χ3n) is 3.32. The van der Waals surface area contributed by atoms with Gasteiger partial charge in [-0.2, -0.15) is 5.06 Å². The average Bonchev–Trinajstić information content (AvgIpc) is 2.35. The van der Waals surface area contributed by atoms with Gasteiger partial charge in [0.1, 0.15) is 5.76 Å². The Kier molecular flexibility index (Phi) is 9.87. The lowest BCUT2D eigenvalue weighted by Gasteiger charge is -2.21. The van der Waals surface area contributed by atoms with E-state index in [0.717, 1.165) is 17.9 Å². The van der Waals surface area contributed by atoms with Gasteiger partial charge >= 0.3 is 0 Å². The third kappa shape index (κ3) is 8.99. The van der Waals surface area contributed by atoms with Crippen molar-refractivity contribution in [3.05, 3.63) is 11.8 Å². The number of aliphatic hydroxyl groups excluding tert-OH is 3. The SMILES string of the molecule is CCC(C)N(O)C/C(O)=C\C(C)CCC(O)CCO. The van der Waals surface area contributed by atoms with Crippen LogP contribution in [0.15, 0.2) is 11.8 Å². The summed E-state index contributed by atoms with van der Waals surface area (Å²) in [4.78, 5) is 0. The molecule has 0 spiro atoms. The van der Waals surface area contributed by atoms with Gasteiger partial charge in [0, 0.05) is 12.6 Å². The lowest BCUT2D eigenvalue weighted by atomic mass is 10.0. The molecule has 0 aromatic rings. The minimum absolute atomic E-state index is 0.00891. The average molecular weight is 275 g/mol. The van der Waals surface area contributed by atoms with E-state index in [4.69, 9.17) is 5.11 Å². The molecule has 19 heavy (non-hydrogen) atoms. The Bertz CT molecular complexity index is 258. The molecule has 4 N–H and O–H groups in total. The Labute approximate surface area is 116 Å². The molecule has 0 fully saturated rings. The second-order valence-corrected chi connectivity index (χ2v) is 5.23. The van der Waals surface area contributed by atoms with Crippen LogP contribution < -0.4 is 0 Å². The van der Waals surface area contributed by atoms with Gasteiger partial charge in [-0.1, -0.05) is 13.8 Å². The molecule has 0 amide bonds. The van der Waals surface area contributed by atoms with Crippen LogP contribution in [0.25, 0.3) is 0 Å². The molecule has 3 unspecified atom stereocenters. The Hall–Kier alpha value is -0.620. The lowest BCUT2D eigenvalue weighted by molar-refractivity contribution is -0.120. The summed E-state index contributed by atoms with van der Waals surface area (Å²) in [7, 11) is 0. The highest BCUT2D eigenvalue weighted by Gasteiger charge is 2.12. The van der Waals surface area contributed by atoms with Crippen LogP contribution in [-0.2, 0) is 0 Å². The van der Waals surface area contributed by atoms with E-state index >= 15 is 0 Å². The van der Waals surface area contributed by atoms with Crippen LogP contribution in [0.4, 0.5) is 0 Å². The molecule has 3 atom stereocenters. The molecular weight excluding hydrogens is 246 g/mol. The highest BCUT2D eigenvalue weighted by molar-refractivity contribution is 4.96. The summed E-state index contributed by atoms with van der Waals surface area (Å²) in [5.74, 6) is 0.269. The summed E-state index contributed by atoms with van der Waals surface area (Å²) in [5, 5.41) is 38.7. The van der Waals surface area contributed by atoms with Crippen molar-refractivity contribution in [3.8, 4) is 0 Å². The maximum atomic E-state index is 9.76. The van der Waals surface area contributed by atoms with Crippen LogP contribution in [0.5, 0.6) is 0 Å². The molecule has 0 radical (unpaired) electrons. The third-order valence-corrected chi connectivity index (χ3v) is 3.32. The number of hydroxylamine groups is 2. The van der Waals surface area contributed by atoms with E-state index in [1.54, 1.807) is 6.08 Å². The monoisotopic (exact) mass is 275 g/mol. The summed E-state index contributed by atoms with van der Waals surface area (Å²) in [6, 6.07) is 0.0113. The second-order valence-electron chi connectivity index (χ2n) is 5.23. The van der Waals surface area contributed by atoms with Crippen molar-refractivity contribution in [2.24, 2.45) is 5.92 Å². The molecule has 0 saturated heterocycles. The van der Waals surface area contributed by atoms with Crippen molar-refractivity contribution in [3.63, 3.8) is 0 Å². The first-order chi connectivity index (χ1) is 8.90. The van der Waals surface area contributed by atoms with Crippen LogP contribution in [-0.4, -0.2) is 50.9 Å². The maximum Gasteiger partial charge on any atom is 0.105 e. The number of rotatable bonds is 10. The molecule has 114 valence electrons. The molecule has 5 nitrogen and oxygen atoms in total. The molecular formula is C14H29NO4. The summed E-state index contributed by atoms with van der Waals surface area (Å²) in [5.41, 5.74) is 0. The zero-order valence-corrected chi connectivity index (χ0v) is 12.3.